The molecule has 2 unspecified atom stereocenters. The fraction of sp³-hybridized carbons (Fsp3) is 0.529. The lowest BCUT2D eigenvalue weighted by molar-refractivity contribution is 0.407. The molecule has 2 aromatic rings. The average Bonchev–Trinajstić information content (AvgIpc) is 2.70. The molecule has 1 aliphatic carbocycles. The Kier molecular flexibility index (Phi) is 4.32. The fourth-order valence-electron chi connectivity index (χ4n) is 3.33. The Morgan fingerprint density at radius 2 is 2.10 bits per heavy atom. The molecular weight excluding hydrogens is 270 g/mol. The van der Waals surface area contributed by atoms with Crippen molar-refractivity contribution in [2.45, 2.75) is 51.0 Å². The molecule has 0 radical (unpaired) electrons. The minimum atomic E-state index is 0.535. The van der Waals surface area contributed by atoms with Crippen molar-refractivity contribution in [3.05, 3.63) is 35.0 Å². The number of fused-ring (bicyclic) bond motifs is 1. The van der Waals surface area contributed by atoms with Crippen LogP contribution in [0.2, 0.25) is 5.02 Å². The molecule has 1 aliphatic rings. The van der Waals surface area contributed by atoms with Crippen molar-refractivity contribution >= 4 is 22.6 Å². The first-order chi connectivity index (χ1) is 9.76. The quantitative estimate of drug-likeness (QED) is 0.795. The van der Waals surface area contributed by atoms with Crippen molar-refractivity contribution in [3.63, 3.8) is 0 Å². The molecule has 3 rings (SSSR count). The summed E-state index contributed by atoms with van der Waals surface area (Å²) in [5, 5.41) is 5.50. The van der Waals surface area contributed by atoms with Gasteiger partial charge in [-0.25, -0.2) is 0 Å². The van der Waals surface area contributed by atoms with Crippen LogP contribution in [0.5, 0.6) is 0 Å². The molecule has 1 heterocycles. The van der Waals surface area contributed by atoms with Crippen LogP contribution in [-0.2, 0) is 0 Å². The number of halogens is 1. The summed E-state index contributed by atoms with van der Waals surface area (Å²) in [5.74, 6) is 1.67. The first-order valence-corrected chi connectivity index (χ1v) is 8.06. The van der Waals surface area contributed by atoms with Crippen molar-refractivity contribution in [1.82, 2.24) is 5.32 Å². The van der Waals surface area contributed by atoms with Crippen molar-refractivity contribution in [1.29, 1.82) is 0 Å². The highest BCUT2D eigenvalue weighted by molar-refractivity contribution is 6.31. The maximum Gasteiger partial charge on any atom is 0.134 e. The molecule has 1 aromatic heterocycles. The smallest absolute Gasteiger partial charge is 0.134 e. The minimum absolute atomic E-state index is 0.535. The molecule has 0 amide bonds. The van der Waals surface area contributed by atoms with Gasteiger partial charge in [0.05, 0.1) is 0 Å². The third-order valence-corrected chi connectivity index (χ3v) is 4.55. The Morgan fingerprint density at radius 3 is 2.95 bits per heavy atom. The van der Waals surface area contributed by atoms with Crippen LogP contribution < -0.4 is 5.32 Å². The van der Waals surface area contributed by atoms with Gasteiger partial charge in [0, 0.05) is 22.4 Å². The van der Waals surface area contributed by atoms with E-state index < -0.39 is 0 Å². The number of benzene rings is 1. The predicted molar refractivity (Wildman–Crippen MR) is 84.5 cm³/mol. The number of nitrogens with one attached hydrogen (secondary N) is 1. The number of hydrogen-bond donors (Lipinski definition) is 1. The third kappa shape index (κ3) is 3.02. The van der Waals surface area contributed by atoms with E-state index in [1.54, 1.807) is 0 Å². The first-order valence-electron chi connectivity index (χ1n) is 7.68. The highest BCUT2D eigenvalue weighted by Gasteiger charge is 2.23. The van der Waals surface area contributed by atoms with Crippen molar-refractivity contribution in [2.75, 3.05) is 6.54 Å². The van der Waals surface area contributed by atoms with E-state index in [4.69, 9.17) is 16.0 Å². The number of furan rings is 1. The van der Waals surface area contributed by atoms with Gasteiger partial charge in [0.15, 0.2) is 0 Å². The third-order valence-electron chi connectivity index (χ3n) is 4.32. The van der Waals surface area contributed by atoms with E-state index in [9.17, 15) is 0 Å². The van der Waals surface area contributed by atoms with Gasteiger partial charge in [0.2, 0.25) is 0 Å². The van der Waals surface area contributed by atoms with Gasteiger partial charge in [0.25, 0.3) is 0 Å². The minimum Gasteiger partial charge on any atom is -0.461 e. The Balaban J connectivity index is 1.84. The Bertz CT molecular complexity index is 577. The lowest BCUT2D eigenvalue weighted by Gasteiger charge is -2.19. The normalized spacial score (nSPS) is 23.9. The van der Waals surface area contributed by atoms with Crippen molar-refractivity contribution in [3.8, 4) is 0 Å². The summed E-state index contributed by atoms with van der Waals surface area (Å²) in [6.07, 6.45) is 6.32. The lowest BCUT2D eigenvalue weighted by atomic mass is 9.95. The Morgan fingerprint density at radius 1 is 1.25 bits per heavy atom. The van der Waals surface area contributed by atoms with Gasteiger partial charge >= 0.3 is 0 Å². The topological polar surface area (TPSA) is 25.2 Å². The maximum atomic E-state index is 6.06. The molecule has 1 fully saturated rings. The fourth-order valence-corrected chi connectivity index (χ4v) is 3.51. The van der Waals surface area contributed by atoms with E-state index in [-0.39, 0.29) is 0 Å². The molecular formula is C17H22ClNO. The second-order valence-corrected chi connectivity index (χ2v) is 6.24. The zero-order valence-corrected chi connectivity index (χ0v) is 12.7. The maximum absolute atomic E-state index is 6.06. The summed E-state index contributed by atoms with van der Waals surface area (Å²) in [4.78, 5) is 0. The number of rotatable bonds is 3. The zero-order valence-electron chi connectivity index (χ0n) is 12.0. The molecule has 0 saturated heterocycles. The average molecular weight is 292 g/mol. The molecule has 1 aromatic carbocycles. The van der Waals surface area contributed by atoms with Crippen LogP contribution in [-0.4, -0.2) is 12.6 Å². The van der Waals surface area contributed by atoms with E-state index in [2.05, 4.69) is 18.3 Å². The molecule has 108 valence electrons. The molecule has 1 saturated carbocycles. The largest absolute Gasteiger partial charge is 0.461 e. The molecule has 0 bridgehead atoms. The molecule has 3 heteroatoms. The van der Waals surface area contributed by atoms with E-state index in [0.29, 0.717) is 12.0 Å². The van der Waals surface area contributed by atoms with Crippen LogP contribution in [0.15, 0.2) is 28.7 Å². The summed E-state index contributed by atoms with van der Waals surface area (Å²) < 4.78 is 6.06. The molecule has 1 N–H and O–H groups in total. The van der Waals surface area contributed by atoms with Gasteiger partial charge < -0.3 is 9.73 Å². The molecule has 2 nitrogen and oxygen atoms in total. The second-order valence-electron chi connectivity index (χ2n) is 5.80. The van der Waals surface area contributed by atoms with Crippen LogP contribution >= 0.6 is 11.6 Å². The van der Waals surface area contributed by atoms with Gasteiger partial charge in [-0.15, -0.1) is 0 Å². The zero-order chi connectivity index (χ0) is 13.9. The van der Waals surface area contributed by atoms with Crippen molar-refractivity contribution < 1.29 is 4.42 Å². The Labute approximate surface area is 125 Å². The summed E-state index contributed by atoms with van der Waals surface area (Å²) in [5.41, 5.74) is 0.952. The molecule has 2 atom stereocenters. The van der Waals surface area contributed by atoms with Crippen LogP contribution in [0.1, 0.15) is 50.7 Å². The Hall–Kier alpha value is -0.990. The van der Waals surface area contributed by atoms with Crippen LogP contribution in [0.3, 0.4) is 0 Å². The number of hydrogen-bond acceptors (Lipinski definition) is 2. The van der Waals surface area contributed by atoms with Crippen LogP contribution in [0, 0.1) is 0 Å². The predicted octanol–water partition coefficient (Wildman–Crippen LogP) is 5.11. The summed E-state index contributed by atoms with van der Waals surface area (Å²) in [7, 11) is 0. The molecule has 0 spiro atoms. The molecule has 20 heavy (non-hydrogen) atoms. The van der Waals surface area contributed by atoms with E-state index in [1.807, 2.05) is 18.2 Å². The summed E-state index contributed by atoms with van der Waals surface area (Å²) in [6, 6.07) is 8.66. The van der Waals surface area contributed by atoms with E-state index in [0.717, 1.165) is 28.3 Å². The van der Waals surface area contributed by atoms with Crippen molar-refractivity contribution in [2.24, 2.45) is 0 Å². The summed E-state index contributed by atoms with van der Waals surface area (Å²) in [6.45, 7) is 3.23. The van der Waals surface area contributed by atoms with Gasteiger partial charge in [-0.05, 0) is 50.1 Å². The first kappa shape index (κ1) is 14.0. The second kappa shape index (κ2) is 6.19. The highest BCUT2D eigenvalue weighted by Crippen LogP contribution is 2.35. The van der Waals surface area contributed by atoms with E-state index in [1.165, 1.54) is 32.1 Å². The molecule has 0 aliphatic heterocycles. The summed E-state index contributed by atoms with van der Waals surface area (Å²) >= 11 is 6.05. The standard InChI is InChI=1S/C17H22ClNO/c1-2-19-15-6-4-3-5-12(10-15)17-11-13-9-14(18)7-8-16(13)20-17/h7-9,11-12,15,19H,2-6,10H2,1H3. The van der Waals surface area contributed by atoms with Gasteiger partial charge in [-0.1, -0.05) is 31.4 Å². The van der Waals surface area contributed by atoms with Gasteiger partial charge in [-0.3, -0.25) is 0 Å². The lowest BCUT2D eigenvalue weighted by Crippen LogP contribution is -2.29. The van der Waals surface area contributed by atoms with E-state index >= 15 is 0 Å². The highest BCUT2D eigenvalue weighted by atomic mass is 35.5. The monoisotopic (exact) mass is 291 g/mol. The van der Waals surface area contributed by atoms with Crippen LogP contribution in [0.4, 0.5) is 0 Å². The SMILES string of the molecule is CCNC1CCCCC(c2cc3cc(Cl)ccc3o2)C1. The van der Waals surface area contributed by atoms with Gasteiger partial charge in [0.1, 0.15) is 11.3 Å². The van der Waals surface area contributed by atoms with Crippen LogP contribution in [0.25, 0.3) is 11.0 Å². The van der Waals surface area contributed by atoms with Gasteiger partial charge in [-0.2, -0.15) is 0 Å².